The van der Waals surface area contributed by atoms with Crippen molar-refractivity contribution in [1.29, 1.82) is 0 Å². The van der Waals surface area contributed by atoms with Gasteiger partial charge in [-0.3, -0.25) is 0 Å². The van der Waals surface area contributed by atoms with Crippen LogP contribution in [-0.4, -0.2) is 50.3 Å². The van der Waals surface area contributed by atoms with Crippen molar-refractivity contribution in [1.82, 2.24) is 29.5 Å². The van der Waals surface area contributed by atoms with E-state index in [0.717, 1.165) is 77.0 Å². The molecule has 0 aliphatic carbocycles. The summed E-state index contributed by atoms with van der Waals surface area (Å²) in [5, 5.41) is 11.3. The summed E-state index contributed by atoms with van der Waals surface area (Å²) in [5.74, 6) is 2.35. The molecule has 0 unspecified atom stereocenters. The van der Waals surface area contributed by atoms with Gasteiger partial charge in [-0.1, -0.05) is 0 Å². The highest BCUT2D eigenvalue weighted by Gasteiger charge is 2.18. The number of benzene rings is 2. The molecule has 2 aromatic carbocycles. The van der Waals surface area contributed by atoms with E-state index in [9.17, 15) is 0 Å². The molecule has 34 heavy (non-hydrogen) atoms. The lowest BCUT2D eigenvalue weighted by atomic mass is 10.2. The van der Waals surface area contributed by atoms with Gasteiger partial charge in [0.15, 0.2) is 5.82 Å². The number of nitrogens with one attached hydrogen (secondary N) is 2. The first-order valence-corrected chi connectivity index (χ1v) is 11.4. The van der Waals surface area contributed by atoms with E-state index in [1.54, 1.807) is 6.33 Å². The second-order valence-electron chi connectivity index (χ2n) is 8.55. The van der Waals surface area contributed by atoms with Gasteiger partial charge in [0.1, 0.15) is 23.3 Å². The van der Waals surface area contributed by atoms with Crippen LogP contribution in [0.4, 0.5) is 17.2 Å². The second-order valence-corrected chi connectivity index (χ2v) is 8.55. The van der Waals surface area contributed by atoms with Crippen molar-refractivity contribution < 1.29 is 4.74 Å². The van der Waals surface area contributed by atoms with E-state index in [0.29, 0.717) is 0 Å². The van der Waals surface area contributed by atoms with Gasteiger partial charge in [0.05, 0.1) is 23.0 Å². The molecule has 9 nitrogen and oxygen atoms in total. The SMILES string of the molecule is Cc1cc(Nc2ncnn3ccc(N4CCNCC4)c23)ccc1Oc1ccc2c(c1)ncn2C. The van der Waals surface area contributed by atoms with Gasteiger partial charge in [0, 0.05) is 51.2 Å². The summed E-state index contributed by atoms with van der Waals surface area (Å²) >= 11 is 0. The summed E-state index contributed by atoms with van der Waals surface area (Å²) < 4.78 is 10.0. The van der Waals surface area contributed by atoms with Crippen molar-refractivity contribution >= 4 is 33.7 Å². The number of hydrogen-bond acceptors (Lipinski definition) is 7. The predicted molar refractivity (Wildman–Crippen MR) is 133 cm³/mol. The molecule has 1 aliphatic rings. The van der Waals surface area contributed by atoms with Crippen LogP contribution in [0, 0.1) is 6.92 Å². The molecule has 2 N–H and O–H groups in total. The molecule has 0 spiro atoms. The van der Waals surface area contributed by atoms with E-state index in [1.807, 2.05) is 65.9 Å². The zero-order valence-corrected chi connectivity index (χ0v) is 19.2. The van der Waals surface area contributed by atoms with Gasteiger partial charge >= 0.3 is 0 Å². The van der Waals surface area contributed by atoms with E-state index in [-0.39, 0.29) is 0 Å². The molecule has 6 rings (SSSR count). The van der Waals surface area contributed by atoms with E-state index in [2.05, 4.69) is 42.7 Å². The van der Waals surface area contributed by atoms with Crippen molar-refractivity contribution in [2.45, 2.75) is 6.92 Å². The first-order valence-electron chi connectivity index (χ1n) is 11.4. The number of nitrogens with zero attached hydrogens (tertiary/aromatic N) is 6. The standard InChI is InChI=1S/C25H26N8O/c1-17-13-18(3-6-23(17)34-19-4-5-21-20(14-19)28-16-31(21)2)30-25-24-22(32-11-8-26-9-12-32)7-10-33(24)29-15-27-25/h3-7,10,13-16,26H,8-9,11-12H2,1-2H3,(H,27,29,30). The van der Waals surface area contributed by atoms with Crippen LogP contribution in [0.3, 0.4) is 0 Å². The molecular weight excluding hydrogens is 428 g/mol. The number of rotatable bonds is 5. The molecule has 4 heterocycles. The number of piperazine rings is 1. The van der Waals surface area contributed by atoms with Crippen LogP contribution >= 0.6 is 0 Å². The topological polar surface area (TPSA) is 84.5 Å². The van der Waals surface area contributed by atoms with Crippen molar-refractivity contribution in [2.75, 3.05) is 36.4 Å². The average molecular weight is 455 g/mol. The molecule has 1 fully saturated rings. The number of imidazole rings is 1. The predicted octanol–water partition coefficient (Wildman–Crippen LogP) is 3.87. The van der Waals surface area contributed by atoms with Crippen LogP contribution in [-0.2, 0) is 7.05 Å². The summed E-state index contributed by atoms with van der Waals surface area (Å²) in [5.41, 5.74) is 6.07. The smallest absolute Gasteiger partial charge is 0.160 e. The Kier molecular flexibility index (Phi) is 5.03. The fraction of sp³-hybridized carbons (Fsp3) is 0.240. The zero-order valence-electron chi connectivity index (χ0n) is 19.2. The van der Waals surface area contributed by atoms with Gasteiger partial charge < -0.3 is 24.8 Å². The molecule has 0 saturated carbocycles. The molecule has 0 bridgehead atoms. The zero-order chi connectivity index (χ0) is 23.1. The molecule has 1 saturated heterocycles. The molecule has 0 radical (unpaired) electrons. The lowest BCUT2D eigenvalue weighted by molar-refractivity contribution is 0.479. The fourth-order valence-corrected chi connectivity index (χ4v) is 4.48. The van der Waals surface area contributed by atoms with Crippen LogP contribution < -0.4 is 20.3 Å². The molecule has 172 valence electrons. The third-order valence-electron chi connectivity index (χ3n) is 6.25. The highest BCUT2D eigenvalue weighted by Crippen LogP contribution is 2.32. The Morgan fingerprint density at radius 1 is 1.03 bits per heavy atom. The lowest BCUT2D eigenvalue weighted by Crippen LogP contribution is -2.43. The normalized spacial score (nSPS) is 14.1. The van der Waals surface area contributed by atoms with Crippen LogP contribution in [0.1, 0.15) is 5.56 Å². The lowest BCUT2D eigenvalue weighted by Gasteiger charge is -2.29. The average Bonchev–Trinajstić information content (AvgIpc) is 3.46. The summed E-state index contributed by atoms with van der Waals surface area (Å²) in [7, 11) is 1.98. The first-order chi connectivity index (χ1) is 16.7. The molecule has 0 atom stereocenters. The van der Waals surface area contributed by atoms with E-state index >= 15 is 0 Å². The third kappa shape index (κ3) is 3.69. The molecule has 3 aromatic heterocycles. The largest absolute Gasteiger partial charge is 0.457 e. The third-order valence-corrected chi connectivity index (χ3v) is 6.25. The molecule has 9 heteroatoms. The Morgan fingerprint density at radius 2 is 1.91 bits per heavy atom. The molecule has 5 aromatic rings. The maximum absolute atomic E-state index is 6.17. The summed E-state index contributed by atoms with van der Waals surface area (Å²) in [4.78, 5) is 11.3. The maximum Gasteiger partial charge on any atom is 0.160 e. The maximum atomic E-state index is 6.17. The van der Waals surface area contributed by atoms with E-state index in [4.69, 9.17) is 4.74 Å². The Labute approximate surface area is 197 Å². The second kappa shape index (κ2) is 8.35. The van der Waals surface area contributed by atoms with Crippen LogP contribution in [0.5, 0.6) is 11.5 Å². The molecule has 1 aliphatic heterocycles. The van der Waals surface area contributed by atoms with Crippen LogP contribution in [0.15, 0.2) is 61.3 Å². The number of ether oxygens (including phenoxy) is 1. The van der Waals surface area contributed by atoms with Crippen molar-refractivity contribution in [3.05, 3.63) is 66.9 Å². The van der Waals surface area contributed by atoms with Gasteiger partial charge in [-0.2, -0.15) is 5.10 Å². The first kappa shape index (κ1) is 20.5. The monoisotopic (exact) mass is 454 g/mol. The van der Waals surface area contributed by atoms with Crippen molar-refractivity contribution in [3.63, 3.8) is 0 Å². The summed E-state index contributed by atoms with van der Waals surface area (Å²) in [6.07, 6.45) is 5.37. The fourth-order valence-electron chi connectivity index (χ4n) is 4.48. The minimum atomic E-state index is 0.765. The van der Waals surface area contributed by atoms with Gasteiger partial charge in [0.2, 0.25) is 0 Å². The van der Waals surface area contributed by atoms with Gasteiger partial charge in [-0.25, -0.2) is 14.5 Å². The van der Waals surface area contributed by atoms with Gasteiger partial charge in [-0.15, -0.1) is 0 Å². The van der Waals surface area contributed by atoms with Gasteiger partial charge in [0.25, 0.3) is 0 Å². The quantitative estimate of drug-likeness (QED) is 0.417. The number of hydrogen-bond donors (Lipinski definition) is 2. The molecule has 0 amide bonds. The Morgan fingerprint density at radius 3 is 2.76 bits per heavy atom. The van der Waals surface area contributed by atoms with E-state index in [1.165, 1.54) is 0 Å². The highest BCUT2D eigenvalue weighted by atomic mass is 16.5. The number of fused-ring (bicyclic) bond motifs is 2. The Bertz CT molecular complexity index is 1480. The van der Waals surface area contributed by atoms with E-state index < -0.39 is 0 Å². The minimum absolute atomic E-state index is 0.765. The van der Waals surface area contributed by atoms with Crippen LogP contribution in [0.25, 0.3) is 16.6 Å². The Balaban J connectivity index is 1.26. The number of aromatic nitrogens is 5. The number of aryl methyl sites for hydroxylation is 2. The summed E-state index contributed by atoms with van der Waals surface area (Å²) in [6, 6.07) is 14.1. The van der Waals surface area contributed by atoms with Crippen molar-refractivity contribution in [2.24, 2.45) is 7.05 Å². The number of anilines is 3. The molecular formula is C25H26N8O. The minimum Gasteiger partial charge on any atom is -0.457 e. The Hall–Kier alpha value is -4.11. The highest BCUT2D eigenvalue weighted by molar-refractivity contribution is 5.86. The van der Waals surface area contributed by atoms with Crippen LogP contribution in [0.2, 0.25) is 0 Å². The van der Waals surface area contributed by atoms with Crippen molar-refractivity contribution in [3.8, 4) is 11.5 Å². The van der Waals surface area contributed by atoms with Gasteiger partial charge in [-0.05, 0) is 48.9 Å². The summed E-state index contributed by atoms with van der Waals surface area (Å²) in [6.45, 7) is 5.91.